The molecule has 0 spiro atoms. The van der Waals surface area contributed by atoms with E-state index in [1.165, 1.54) is 18.4 Å². The van der Waals surface area contributed by atoms with Crippen molar-refractivity contribution in [3.63, 3.8) is 0 Å². The fourth-order valence-corrected chi connectivity index (χ4v) is 2.51. The van der Waals surface area contributed by atoms with Gasteiger partial charge in [-0.25, -0.2) is 0 Å². The molecule has 0 radical (unpaired) electrons. The first kappa shape index (κ1) is 12.2. The molecule has 0 amide bonds. The van der Waals surface area contributed by atoms with Gasteiger partial charge in [-0.05, 0) is 36.5 Å². The standard InChI is InChI=1S/C15H18N2O2/c1-18-15-4-2-11(3-5-15)12-8-14(9-12)16-10-13-6-7-19-17-13/h2-7,12,14,16H,8-10H2,1H3. The number of hydrogen-bond acceptors (Lipinski definition) is 4. The van der Waals surface area contributed by atoms with E-state index in [1.54, 1.807) is 13.4 Å². The van der Waals surface area contributed by atoms with Crippen LogP contribution in [0.15, 0.2) is 41.1 Å². The van der Waals surface area contributed by atoms with Gasteiger partial charge >= 0.3 is 0 Å². The Morgan fingerprint density at radius 1 is 1.26 bits per heavy atom. The van der Waals surface area contributed by atoms with E-state index in [4.69, 9.17) is 9.26 Å². The molecule has 1 heterocycles. The highest BCUT2D eigenvalue weighted by molar-refractivity contribution is 5.30. The second-order valence-corrected chi connectivity index (χ2v) is 5.01. The molecule has 3 rings (SSSR count). The van der Waals surface area contributed by atoms with Gasteiger partial charge in [-0.2, -0.15) is 0 Å². The topological polar surface area (TPSA) is 47.3 Å². The van der Waals surface area contributed by atoms with Crippen molar-refractivity contribution in [2.45, 2.75) is 31.3 Å². The van der Waals surface area contributed by atoms with E-state index >= 15 is 0 Å². The van der Waals surface area contributed by atoms with Crippen LogP contribution in [0.25, 0.3) is 0 Å². The van der Waals surface area contributed by atoms with Crippen LogP contribution in [0.1, 0.15) is 30.0 Å². The van der Waals surface area contributed by atoms with Gasteiger partial charge in [0.1, 0.15) is 12.0 Å². The number of ether oxygens (including phenoxy) is 1. The summed E-state index contributed by atoms with van der Waals surface area (Å²) in [6.45, 7) is 0.788. The molecule has 1 saturated carbocycles. The molecule has 4 nitrogen and oxygen atoms in total. The van der Waals surface area contributed by atoms with Gasteiger partial charge in [-0.15, -0.1) is 0 Å². The SMILES string of the molecule is COc1ccc(C2CC(NCc3ccon3)C2)cc1. The number of hydrogen-bond donors (Lipinski definition) is 1. The maximum atomic E-state index is 5.17. The lowest BCUT2D eigenvalue weighted by Crippen LogP contribution is -2.39. The van der Waals surface area contributed by atoms with Crippen LogP contribution in [-0.2, 0) is 6.54 Å². The third-order valence-corrected chi connectivity index (χ3v) is 3.79. The summed E-state index contributed by atoms with van der Waals surface area (Å²) in [5.74, 6) is 1.59. The maximum Gasteiger partial charge on any atom is 0.124 e. The predicted molar refractivity (Wildman–Crippen MR) is 72.1 cm³/mol. The maximum absolute atomic E-state index is 5.17. The van der Waals surface area contributed by atoms with E-state index in [2.05, 4.69) is 22.6 Å². The van der Waals surface area contributed by atoms with E-state index in [0.717, 1.165) is 18.0 Å². The van der Waals surface area contributed by atoms with Gasteiger partial charge in [-0.1, -0.05) is 17.3 Å². The van der Waals surface area contributed by atoms with Crippen LogP contribution >= 0.6 is 0 Å². The molecule has 1 fully saturated rings. The van der Waals surface area contributed by atoms with Crippen molar-refractivity contribution in [3.8, 4) is 5.75 Å². The minimum Gasteiger partial charge on any atom is -0.497 e. The van der Waals surface area contributed by atoms with Crippen LogP contribution in [0.4, 0.5) is 0 Å². The number of aromatic nitrogens is 1. The molecule has 1 aromatic heterocycles. The van der Waals surface area contributed by atoms with Crippen LogP contribution in [0.3, 0.4) is 0 Å². The number of benzene rings is 1. The zero-order chi connectivity index (χ0) is 13.1. The Bertz CT molecular complexity index is 501. The van der Waals surface area contributed by atoms with E-state index in [0.29, 0.717) is 12.0 Å². The first-order valence-corrected chi connectivity index (χ1v) is 6.62. The van der Waals surface area contributed by atoms with Crippen molar-refractivity contribution in [2.75, 3.05) is 7.11 Å². The van der Waals surface area contributed by atoms with Gasteiger partial charge in [0.15, 0.2) is 0 Å². The minimum atomic E-state index is 0.587. The molecule has 1 N–H and O–H groups in total. The molecule has 1 aromatic carbocycles. The van der Waals surface area contributed by atoms with E-state index in [1.807, 2.05) is 18.2 Å². The Hall–Kier alpha value is -1.81. The average Bonchev–Trinajstić information content (AvgIpc) is 2.91. The van der Waals surface area contributed by atoms with E-state index in [-0.39, 0.29) is 0 Å². The van der Waals surface area contributed by atoms with Crippen molar-refractivity contribution < 1.29 is 9.26 Å². The molecule has 100 valence electrons. The highest BCUT2D eigenvalue weighted by Gasteiger charge is 2.29. The molecule has 2 aromatic rings. The Morgan fingerprint density at radius 2 is 2.05 bits per heavy atom. The summed E-state index contributed by atoms with van der Waals surface area (Å²) in [5.41, 5.74) is 2.37. The molecular weight excluding hydrogens is 240 g/mol. The lowest BCUT2D eigenvalue weighted by molar-refractivity contribution is 0.286. The monoisotopic (exact) mass is 258 g/mol. The number of rotatable bonds is 5. The van der Waals surface area contributed by atoms with Crippen molar-refractivity contribution in [2.24, 2.45) is 0 Å². The Kier molecular flexibility index (Phi) is 3.51. The molecule has 4 heteroatoms. The van der Waals surface area contributed by atoms with Gasteiger partial charge in [0.25, 0.3) is 0 Å². The molecule has 0 aliphatic heterocycles. The van der Waals surface area contributed by atoms with Crippen LogP contribution in [0.2, 0.25) is 0 Å². The second-order valence-electron chi connectivity index (χ2n) is 5.01. The van der Waals surface area contributed by atoms with Gasteiger partial charge in [0.2, 0.25) is 0 Å². The average molecular weight is 258 g/mol. The molecule has 1 aliphatic carbocycles. The van der Waals surface area contributed by atoms with Crippen molar-refractivity contribution in [1.82, 2.24) is 10.5 Å². The highest BCUT2D eigenvalue weighted by atomic mass is 16.5. The number of nitrogens with zero attached hydrogens (tertiary/aromatic N) is 1. The molecular formula is C15H18N2O2. The summed E-state index contributed by atoms with van der Waals surface area (Å²) in [6.07, 6.45) is 3.98. The fraction of sp³-hybridized carbons (Fsp3) is 0.400. The van der Waals surface area contributed by atoms with E-state index < -0.39 is 0 Å². The van der Waals surface area contributed by atoms with Crippen LogP contribution in [-0.4, -0.2) is 18.3 Å². The third-order valence-electron chi connectivity index (χ3n) is 3.79. The summed E-state index contributed by atoms with van der Waals surface area (Å²) in [7, 11) is 1.70. The predicted octanol–water partition coefficient (Wildman–Crippen LogP) is 2.72. The lowest BCUT2D eigenvalue weighted by atomic mass is 9.76. The second kappa shape index (κ2) is 5.45. The summed E-state index contributed by atoms with van der Waals surface area (Å²) < 4.78 is 9.98. The van der Waals surface area contributed by atoms with Crippen molar-refractivity contribution in [3.05, 3.63) is 47.9 Å². The van der Waals surface area contributed by atoms with E-state index in [9.17, 15) is 0 Å². The van der Waals surface area contributed by atoms with Gasteiger partial charge in [0.05, 0.1) is 12.8 Å². The zero-order valence-corrected chi connectivity index (χ0v) is 11.0. The zero-order valence-electron chi connectivity index (χ0n) is 11.0. The summed E-state index contributed by atoms with van der Waals surface area (Å²) in [6, 6.07) is 10.9. The number of methoxy groups -OCH3 is 1. The van der Waals surface area contributed by atoms with Gasteiger partial charge < -0.3 is 14.6 Å². The van der Waals surface area contributed by atoms with Crippen LogP contribution < -0.4 is 10.1 Å². The largest absolute Gasteiger partial charge is 0.497 e. The van der Waals surface area contributed by atoms with Crippen molar-refractivity contribution in [1.29, 1.82) is 0 Å². The van der Waals surface area contributed by atoms with Crippen LogP contribution in [0, 0.1) is 0 Å². The summed E-state index contributed by atoms with van der Waals surface area (Å²) in [5, 5.41) is 7.39. The Balaban J connectivity index is 1.46. The highest BCUT2D eigenvalue weighted by Crippen LogP contribution is 2.37. The first-order valence-electron chi connectivity index (χ1n) is 6.62. The van der Waals surface area contributed by atoms with Gasteiger partial charge in [-0.3, -0.25) is 0 Å². The molecule has 0 saturated heterocycles. The fourth-order valence-electron chi connectivity index (χ4n) is 2.51. The summed E-state index contributed by atoms with van der Waals surface area (Å²) in [4.78, 5) is 0. The third kappa shape index (κ3) is 2.79. The molecule has 1 aliphatic rings. The quantitative estimate of drug-likeness (QED) is 0.895. The Labute approximate surface area is 112 Å². The lowest BCUT2D eigenvalue weighted by Gasteiger charge is -2.36. The smallest absolute Gasteiger partial charge is 0.124 e. The molecule has 0 atom stereocenters. The Morgan fingerprint density at radius 3 is 2.68 bits per heavy atom. The van der Waals surface area contributed by atoms with Crippen molar-refractivity contribution >= 4 is 0 Å². The first-order chi connectivity index (χ1) is 9.35. The van der Waals surface area contributed by atoms with Gasteiger partial charge in [0, 0.05) is 18.7 Å². The molecule has 19 heavy (non-hydrogen) atoms. The minimum absolute atomic E-state index is 0.587. The summed E-state index contributed by atoms with van der Waals surface area (Å²) >= 11 is 0. The van der Waals surface area contributed by atoms with Crippen LogP contribution in [0.5, 0.6) is 5.75 Å². The number of nitrogens with one attached hydrogen (secondary N) is 1. The normalized spacial score (nSPS) is 21.9. The molecule has 0 bridgehead atoms. The molecule has 0 unspecified atom stereocenters.